The number of likely N-dealkylation sites (tertiary alicyclic amines) is 1. The molecule has 0 saturated carbocycles. The van der Waals surface area contributed by atoms with Gasteiger partial charge in [0.1, 0.15) is 5.76 Å². The van der Waals surface area contributed by atoms with Gasteiger partial charge in [-0.15, -0.1) is 0 Å². The largest absolute Gasteiger partial charge is 0.380 e. The zero-order valence-electron chi connectivity index (χ0n) is 16.0. The van der Waals surface area contributed by atoms with Crippen molar-refractivity contribution in [3.63, 3.8) is 0 Å². The van der Waals surface area contributed by atoms with Gasteiger partial charge >= 0.3 is 0 Å². The molecule has 27 heavy (non-hydrogen) atoms. The molecule has 0 N–H and O–H groups in total. The molecule has 1 saturated heterocycles. The first-order chi connectivity index (χ1) is 13.2. The van der Waals surface area contributed by atoms with Crippen molar-refractivity contribution in [3.05, 3.63) is 77.7 Å². The average Bonchev–Trinajstić information content (AvgIpc) is 3.28. The maximum atomic E-state index is 5.76. The summed E-state index contributed by atoms with van der Waals surface area (Å²) in [6.07, 6.45) is 1.10. The molecule has 0 amide bonds. The number of hydrogen-bond acceptors (Lipinski definition) is 4. The van der Waals surface area contributed by atoms with E-state index in [2.05, 4.69) is 64.7 Å². The first kappa shape index (κ1) is 18.0. The highest BCUT2D eigenvalue weighted by Crippen LogP contribution is 2.26. The Morgan fingerprint density at radius 2 is 1.85 bits per heavy atom. The van der Waals surface area contributed by atoms with Crippen LogP contribution in [0.3, 0.4) is 0 Å². The van der Waals surface area contributed by atoms with Gasteiger partial charge in [-0.3, -0.25) is 4.90 Å². The van der Waals surface area contributed by atoms with E-state index >= 15 is 0 Å². The highest BCUT2D eigenvalue weighted by atomic mass is 16.5. The molecule has 3 aromatic rings. The topological polar surface area (TPSA) is 38.5 Å². The fraction of sp³-hybridized carbons (Fsp3) is 0.348. The van der Waals surface area contributed by atoms with Gasteiger partial charge in [0.2, 0.25) is 0 Å². The molecule has 2 heterocycles. The summed E-state index contributed by atoms with van der Waals surface area (Å²) in [5, 5.41) is 4.01. The van der Waals surface area contributed by atoms with Crippen LogP contribution in [0.4, 0.5) is 0 Å². The molecule has 1 aliphatic rings. The number of benzene rings is 2. The van der Waals surface area contributed by atoms with Gasteiger partial charge in [0.25, 0.3) is 0 Å². The lowest BCUT2D eigenvalue weighted by Crippen LogP contribution is -2.23. The zero-order valence-corrected chi connectivity index (χ0v) is 16.0. The minimum Gasteiger partial charge on any atom is -0.380 e. The normalized spacial score (nSPS) is 20.2. The van der Waals surface area contributed by atoms with Crippen LogP contribution in [-0.4, -0.2) is 36.4 Å². The quantitative estimate of drug-likeness (QED) is 0.654. The third-order valence-electron chi connectivity index (χ3n) is 5.34. The highest BCUT2D eigenvalue weighted by molar-refractivity contribution is 5.63. The van der Waals surface area contributed by atoms with Crippen LogP contribution in [0.2, 0.25) is 0 Å². The van der Waals surface area contributed by atoms with Crippen molar-refractivity contribution in [1.82, 2.24) is 10.1 Å². The second-order valence-corrected chi connectivity index (χ2v) is 7.43. The van der Waals surface area contributed by atoms with E-state index in [0.29, 0.717) is 5.92 Å². The molecular formula is C23H26N2O2. The van der Waals surface area contributed by atoms with Gasteiger partial charge in [-0.2, -0.15) is 0 Å². The zero-order chi connectivity index (χ0) is 18.6. The first-order valence-electron chi connectivity index (χ1n) is 9.53. The van der Waals surface area contributed by atoms with Crippen molar-refractivity contribution in [2.75, 3.05) is 20.2 Å². The molecule has 4 heteroatoms. The summed E-state index contributed by atoms with van der Waals surface area (Å²) in [4.78, 5) is 2.48. The number of aromatic nitrogens is 1. The van der Waals surface area contributed by atoms with Gasteiger partial charge in [-0.05, 0) is 29.7 Å². The van der Waals surface area contributed by atoms with E-state index in [1.165, 1.54) is 16.7 Å². The molecule has 1 fully saturated rings. The lowest BCUT2D eigenvalue weighted by molar-refractivity contribution is 0.0761. The smallest absolute Gasteiger partial charge is 0.137 e. The molecule has 0 unspecified atom stereocenters. The predicted molar refractivity (Wildman–Crippen MR) is 106 cm³/mol. The van der Waals surface area contributed by atoms with Gasteiger partial charge in [0.15, 0.2) is 0 Å². The summed E-state index contributed by atoms with van der Waals surface area (Å²) in [5.74, 6) is 1.38. The Morgan fingerprint density at radius 1 is 1.04 bits per heavy atom. The third-order valence-corrected chi connectivity index (χ3v) is 5.34. The molecular weight excluding hydrogens is 336 g/mol. The van der Waals surface area contributed by atoms with Crippen LogP contribution in [-0.2, 0) is 17.7 Å². The molecule has 140 valence electrons. The molecule has 4 nitrogen and oxygen atoms in total. The molecule has 1 aromatic heterocycles. The van der Waals surface area contributed by atoms with Crippen molar-refractivity contribution < 1.29 is 9.26 Å². The van der Waals surface area contributed by atoms with E-state index in [4.69, 9.17) is 9.26 Å². The highest BCUT2D eigenvalue weighted by Gasteiger charge is 2.33. The summed E-state index contributed by atoms with van der Waals surface area (Å²) in [7, 11) is 1.81. The SMILES string of the molecule is CO[C@H]1CN(Cc2cccc(-c3ccccc3)c2)C[C@H]1Cc1cc(C)no1. The van der Waals surface area contributed by atoms with Gasteiger partial charge in [-0.1, -0.05) is 53.7 Å². The predicted octanol–water partition coefficient (Wildman–Crippen LogP) is 4.34. The summed E-state index contributed by atoms with van der Waals surface area (Å²) in [6.45, 7) is 4.85. The molecule has 1 aliphatic heterocycles. The fourth-order valence-electron chi connectivity index (χ4n) is 4.03. The Bertz CT molecular complexity index is 875. The minimum absolute atomic E-state index is 0.229. The third kappa shape index (κ3) is 4.29. The van der Waals surface area contributed by atoms with E-state index < -0.39 is 0 Å². The summed E-state index contributed by atoms with van der Waals surface area (Å²) in [6, 6.07) is 21.4. The number of hydrogen-bond donors (Lipinski definition) is 0. The van der Waals surface area contributed by atoms with Crippen molar-refractivity contribution in [2.45, 2.75) is 26.0 Å². The molecule has 0 aliphatic carbocycles. The molecule has 0 radical (unpaired) electrons. The number of rotatable bonds is 6. The van der Waals surface area contributed by atoms with E-state index in [1.54, 1.807) is 0 Å². The Labute approximate surface area is 160 Å². The minimum atomic E-state index is 0.229. The maximum absolute atomic E-state index is 5.76. The van der Waals surface area contributed by atoms with E-state index in [1.807, 2.05) is 20.1 Å². The Balaban J connectivity index is 1.44. The summed E-state index contributed by atoms with van der Waals surface area (Å²) >= 11 is 0. The van der Waals surface area contributed by atoms with Crippen molar-refractivity contribution in [2.24, 2.45) is 5.92 Å². The van der Waals surface area contributed by atoms with Gasteiger partial charge in [-0.25, -0.2) is 0 Å². The van der Waals surface area contributed by atoms with Crippen LogP contribution in [0.15, 0.2) is 65.2 Å². The molecule has 2 aromatic carbocycles. The van der Waals surface area contributed by atoms with Crippen LogP contribution in [0.5, 0.6) is 0 Å². The van der Waals surface area contributed by atoms with Crippen molar-refractivity contribution >= 4 is 0 Å². The van der Waals surface area contributed by atoms with Crippen molar-refractivity contribution in [1.29, 1.82) is 0 Å². The molecule has 4 rings (SSSR count). The Morgan fingerprint density at radius 3 is 2.59 bits per heavy atom. The van der Waals surface area contributed by atoms with Gasteiger partial charge < -0.3 is 9.26 Å². The van der Waals surface area contributed by atoms with Crippen LogP contribution in [0.1, 0.15) is 17.0 Å². The molecule has 0 bridgehead atoms. The van der Waals surface area contributed by atoms with Crippen LogP contribution < -0.4 is 0 Å². The number of nitrogens with zero attached hydrogens (tertiary/aromatic N) is 2. The Kier molecular flexibility index (Phi) is 5.37. The number of aryl methyl sites for hydroxylation is 1. The second kappa shape index (κ2) is 8.07. The van der Waals surface area contributed by atoms with Crippen LogP contribution in [0.25, 0.3) is 11.1 Å². The first-order valence-corrected chi connectivity index (χ1v) is 9.53. The lowest BCUT2D eigenvalue weighted by atomic mass is 10.0. The van der Waals surface area contributed by atoms with Crippen LogP contribution >= 0.6 is 0 Å². The lowest BCUT2D eigenvalue weighted by Gasteiger charge is -2.16. The van der Waals surface area contributed by atoms with E-state index in [0.717, 1.165) is 37.5 Å². The van der Waals surface area contributed by atoms with E-state index in [-0.39, 0.29) is 6.10 Å². The monoisotopic (exact) mass is 362 g/mol. The second-order valence-electron chi connectivity index (χ2n) is 7.43. The molecule has 2 atom stereocenters. The Hall–Kier alpha value is -2.43. The standard InChI is InChI=1S/C23H26N2O2/c1-17-11-22(27-24-17)13-21-15-25(16-23(21)26-2)14-18-7-6-10-20(12-18)19-8-4-3-5-9-19/h3-12,21,23H,13-16H2,1-2H3/t21-,23+/m1/s1. The van der Waals surface area contributed by atoms with Gasteiger partial charge in [0, 0.05) is 45.1 Å². The number of ether oxygens (including phenoxy) is 1. The number of methoxy groups -OCH3 is 1. The summed E-state index contributed by atoms with van der Waals surface area (Å²) in [5.41, 5.74) is 4.80. The maximum Gasteiger partial charge on any atom is 0.137 e. The average molecular weight is 362 g/mol. The van der Waals surface area contributed by atoms with E-state index in [9.17, 15) is 0 Å². The van der Waals surface area contributed by atoms with Crippen molar-refractivity contribution in [3.8, 4) is 11.1 Å². The fourth-order valence-corrected chi connectivity index (χ4v) is 4.03. The van der Waals surface area contributed by atoms with Gasteiger partial charge in [0.05, 0.1) is 11.8 Å². The summed E-state index contributed by atoms with van der Waals surface area (Å²) < 4.78 is 11.2. The molecule has 0 spiro atoms. The van der Waals surface area contributed by atoms with Crippen LogP contribution in [0, 0.1) is 12.8 Å².